The lowest BCUT2D eigenvalue weighted by Crippen LogP contribution is -2.41. The Hall–Kier alpha value is -1.74. The Bertz CT molecular complexity index is 803. The van der Waals surface area contributed by atoms with Gasteiger partial charge in [0.15, 0.2) is 11.5 Å². The summed E-state index contributed by atoms with van der Waals surface area (Å²) in [6.07, 6.45) is 3.31. The first-order chi connectivity index (χ1) is 10.8. The van der Waals surface area contributed by atoms with E-state index < -0.39 is 10.0 Å². The standard InChI is InChI=1S/C14H22N6O2S/c1-11-15-16-13-6-7-14(17-20(11)13)19-8-4-5-12(10-19)9-18(2)23(3,21)22/h6-7,12H,4-5,8-10H2,1-3H3. The molecule has 0 saturated carbocycles. The highest BCUT2D eigenvalue weighted by Crippen LogP contribution is 2.23. The third-order valence-corrected chi connectivity index (χ3v) is 5.61. The van der Waals surface area contributed by atoms with E-state index in [1.807, 2.05) is 19.1 Å². The van der Waals surface area contributed by atoms with Crippen molar-refractivity contribution in [3.63, 3.8) is 0 Å². The van der Waals surface area contributed by atoms with E-state index in [0.29, 0.717) is 12.5 Å². The van der Waals surface area contributed by atoms with E-state index in [2.05, 4.69) is 20.2 Å². The minimum atomic E-state index is -3.13. The lowest BCUT2D eigenvalue weighted by molar-refractivity contribution is 0.336. The van der Waals surface area contributed by atoms with Crippen molar-refractivity contribution in [2.45, 2.75) is 19.8 Å². The zero-order chi connectivity index (χ0) is 16.6. The summed E-state index contributed by atoms with van der Waals surface area (Å²) in [5.74, 6) is 1.95. The normalized spacial score (nSPS) is 19.7. The van der Waals surface area contributed by atoms with Crippen LogP contribution in [-0.4, -0.2) is 65.5 Å². The van der Waals surface area contributed by atoms with Crippen LogP contribution < -0.4 is 4.90 Å². The lowest BCUT2D eigenvalue weighted by atomic mass is 9.98. The Labute approximate surface area is 136 Å². The fourth-order valence-electron chi connectivity index (χ4n) is 2.98. The van der Waals surface area contributed by atoms with E-state index in [0.717, 1.165) is 43.2 Å². The van der Waals surface area contributed by atoms with Crippen LogP contribution in [0.4, 0.5) is 5.82 Å². The highest BCUT2D eigenvalue weighted by molar-refractivity contribution is 7.88. The molecule has 1 fully saturated rings. The zero-order valence-corrected chi connectivity index (χ0v) is 14.5. The van der Waals surface area contributed by atoms with Crippen molar-refractivity contribution in [3.8, 4) is 0 Å². The summed E-state index contributed by atoms with van der Waals surface area (Å²) in [5, 5.41) is 12.7. The first-order valence-electron chi connectivity index (χ1n) is 7.70. The van der Waals surface area contributed by atoms with Gasteiger partial charge in [-0.15, -0.1) is 15.3 Å². The van der Waals surface area contributed by atoms with Crippen LogP contribution in [0.2, 0.25) is 0 Å². The van der Waals surface area contributed by atoms with Crippen LogP contribution in [0.5, 0.6) is 0 Å². The van der Waals surface area contributed by atoms with Gasteiger partial charge < -0.3 is 4.90 Å². The van der Waals surface area contributed by atoms with Crippen molar-refractivity contribution in [2.24, 2.45) is 5.92 Å². The third kappa shape index (κ3) is 3.45. The van der Waals surface area contributed by atoms with Gasteiger partial charge in [-0.1, -0.05) is 0 Å². The monoisotopic (exact) mass is 338 g/mol. The van der Waals surface area contributed by atoms with Crippen LogP contribution in [0.15, 0.2) is 12.1 Å². The maximum Gasteiger partial charge on any atom is 0.210 e. The highest BCUT2D eigenvalue weighted by atomic mass is 32.2. The minimum Gasteiger partial charge on any atom is -0.355 e. The fourth-order valence-corrected chi connectivity index (χ4v) is 3.46. The Morgan fingerprint density at radius 1 is 1.35 bits per heavy atom. The van der Waals surface area contributed by atoms with E-state index in [-0.39, 0.29) is 0 Å². The van der Waals surface area contributed by atoms with E-state index in [4.69, 9.17) is 0 Å². The molecule has 0 aromatic carbocycles. The number of piperidine rings is 1. The summed E-state index contributed by atoms with van der Waals surface area (Å²) >= 11 is 0. The molecule has 0 N–H and O–H groups in total. The predicted octanol–water partition coefficient (Wildman–Crippen LogP) is 0.541. The molecule has 0 amide bonds. The van der Waals surface area contributed by atoms with Crippen LogP contribution in [0, 0.1) is 12.8 Å². The molecule has 23 heavy (non-hydrogen) atoms. The first-order valence-corrected chi connectivity index (χ1v) is 9.55. The van der Waals surface area contributed by atoms with Gasteiger partial charge in [0, 0.05) is 26.7 Å². The number of hydrogen-bond donors (Lipinski definition) is 0. The molecule has 2 aromatic heterocycles. The molecule has 3 heterocycles. The quantitative estimate of drug-likeness (QED) is 0.809. The number of rotatable bonds is 4. The van der Waals surface area contributed by atoms with Gasteiger partial charge >= 0.3 is 0 Å². The van der Waals surface area contributed by atoms with E-state index in [1.54, 1.807) is 11.6 Å². The topological polar surface area (TPSA) is 83.7 Å². The number of hydrogen-bond acceptors (Lipinski definition) is 6. The molecule has 0 spiro atoms. The van der Waals surface area contributed by atoms with Gasteiger partial charge in [-0.25, -0.2) is 12.7 Å². The number of aryl methyl sites for hydroxylation is 1. The van der Waals surface area contributed by atoms with E-state index >= 15 is 0 Å². The molecule has 0 aliphatic carbocycles. The Balaban J connectivity index is 1.75. The van der Waals surface area contributed by atoms with Crippen LogP contribution >= 0.6 is 0 Å². The average molecular weight is 338 g/mol. The van der Waals surface area contributed by atoms with Gasteiger partial charge in [0.1, 0.15) is 5.82 Å². The molecule has 0 radical (unpaired) electrons. The summed E-state index contributed by atoms with van der Waals surface area (Å²) < 4.78 is 26.4. The van der Waals surface area contributed by atoms with E-state index in [1.165, 1.54) is 10.6 Å². The van der Waals surface area contributed by atoms with Gasteiger partial charge in [-0.2, -0.15) is 4.52 Å². The first kappa shape index (κ1) is 16.1. The smallest absolute Gasteiger partial charge is 0.210 e. The number of anilines is 1. The predicted molar refractivity (Wildman–Crippen MR) is 87.9 cm³/mol. The SMILES string of the molecule is Cc1nnc2ccc(N3CCCC(CN(C)S(C)(=O)=O)C3)nn12. The molecule has 1 aliphatic rings. The largest absolute Gasteiger partial charge is 0.355 e. The number of nitrogens with zero attached hydrogens (tertiary/aromatic N) is 6. The molecule has 1 unspecified atom stereocenters. The van der Waals surface area contributed by atoms with Crippen molar-refractivity contribution in [2.75, 3.05) is 37.8 Å². The Kier molecular flexibility index (Phi) is 4.24. The summed E-state index contributed by atoms with van der Waals surface area (Å²) in [6.45, 7) is 4.15. The van der Waals surface area contributed by atoms with Gasteiger partial charge in [0.25, 0.3) is 0 Å². The summed E-state index contributed by atoms with van der Waals surface area (Å²) in [7, 11) is -1.49. The second-order valence-corrected chi connectivity index (χ2v) is 8.30. The summed E-state index contributed by atoms with van der Waals surface area (Å²) in [6, 6.07) is 3.86. The van der Waals surface area contributed by atoms with Crippen molar-refractivity contribution in [1.82, 2.24) is 24.1 Å². The Morgan fingerprint density at radius 2 is 2.13 bits per heavy atom. The number of sulfonamides is 1. The van der Waals surface area contributed by atoms with E-state index in [9.17, 15) is 8.42 Å². The van der Waals surface area contributed by atoms with Crippen molar-refractivity contribution >= 4 is 21.5 Å². The Morgan fingerprint density at radius 3 is 2.87 bits per heavy atom. The van der Waals surface area contributed by atoms with Gasteiger partial charge in [0.2, 0.25) is 10.0 Å². The molecule has 0 bridgehead atoms. The number of aromatic nitrogens is 4. The minimum absolute atomic E-state index is 0.308. The highest BCUT2D eigenvalue weighted by Gasteiger charge is 2.25. The van der Waals surface area contributed by atoms with Crippen LogP contribution in [-0.2, 0) is 10.0 Å². The van der Waals surface area contributed by atoms with Crippen LogP contribution in [0.1, 0.15) is 18.7 Å². The molecule has 9 heteroatoms. The molecule has 126 valence electrons. The third-order valence-electron chi connectivity index (χ3n) is 4.33. The second kappa shape index (κ2) is 6.04. The summed E-state index contributed by atoms with van der Waals surface area (Å²) in [5.41, 5.74) is 0.733. The second-order valence-electron chi connectivity index (χ2n) is 6.21. The fraction of sp³-hybridized carbons (Fsp3) is 0.643. The molecular weight excluding hydrogens is 316 g/mol. The molecule has 1 aliphatic heterocycles. The molecule has 1 atom stereocenters. The van der Waals surface area contributed by atoms with Gasteiger partial charge in [-0.05, 0) is 37.8 Å². The van der Waals surface area contributed by atoms with Crippen molar-refractivity contribution in [1.29, 1.82) is 0 Å². The molecular formula is C14H22N6O2S. The lowest BCUT2D eigenvalue weighted by Gasteiger charge is -2.34. The maximum atomic E-state index is 11.6. The molecule has 2 aromatic rings. The van der Waals surface area contributed by atoms with Crippen molar-refractivity contribution < 1.29 is 8.42 Å². The van der Waals surface area contributed by atoms with Crippen LogP contribution in [0.25, 0.3) is 5.65 Å². The zero-order valence-electron chi connectivity index (χ0n) is 13.7. The molecule has 8 nitrogen and oxygen atoms in total. The van der Waals surface area contributed by atoms with Gasteiger partial charge in [0.05, 0.1) is 6.26 Å². The summed E-state index contributed by atoms with van der Waals surface area (Å²) in [4.78, 5) is 2.21. The number of fused-ring (bicyclic) bond motifs is 1. The molecule has 3 rings (SSSR count). The van der Waals surface area contributed by atoms with Crippen molar-refractivity contribution in [3.05, 3.63) is 18.0 Å². The van der Waals surface area contributed by atoms with Crippen LogP contribution in [0.3, 0.4) is 0 Å². The maximum absolute atomic E-state index is 11.6. The van der Waals surface area contributed by atoms with Gasteiger partial charge in [-0.3, -0.25) is 0 Å². The average Bonchev–Trinajstić information content (AvgIpc) is 2.87. The molecule has 1 saturated heterocycles.